The summed E-state index contributed by atoms with van der Waals surface area (Å²) in [6, 6.07) is 17.6. The van der Waals surface area contributed by atoms with Crippen molar-refractivity contribution in [2.24, 2.45) is 0 Å². The van der Waals surface area contributed by atoms with Crippen LogP contribution in [0.4, 0.5) is 5.69 Å². The molecule has 3 amide bonds. The van der Waals surface area contributed by atoms with Gasteiger partial charge in [0.15, 0.2) is 0 Å². The second kappa shape index (κ2) is 7.70. The van der Waals surface area contributed by atoms with Gasteiger partial charge in [0.1, 0.15) is 0 Å². The summed E-state index contributed by atoms with van der Waals surface area (Å²) in [7, 11) is 1.74. The third-order valence-electron chi connectivity index (χ3n) is 5.69. The zero-order valence-electron chi connectivity index (χ0n) is 16.5. The van der Waals surface area contributed by atoms with Gasteiger partial charge in [0.25, 0.3) is 0 Å². The van der Waals surface area contributed by atoms with Gasteiger partial charge < -0.3 is 15.5 Å². The SMILES string of the molecule is CN1C(=O)C(CC(=O)NCC(=O)NC2CC2)(Cc2ccccc2)c2ccccc21. The largest absolute Gasteiger partial charge is 0.352 e. The van der Waals surface area contributed by atoms with Crippen LogP contribution in [0.3, 0.4) is 0 Å². The lowest BCUT2D eigenvalue weighted by molar-refractivity contribution is -0.130. The van der Waals surface area contributed by atoms with Crippen LogP contribution >= 0.6 is 0 Å². The Hall–Kier alpha value is -3.15. The molecule has 150 valence electrons. The predicted octanol–water partition coefficient (Wildman–Crippen LogP) is 1.93. The molecule has 2 N–H and O–H groups in total. The van der Waals surface area contributed by atoms with Gasteiger partial charge in [0, 0.05) is 25.2 Å². The Morgan fingerprint density at radius 3 is 2.45 bits per heavy atom. The first-order chi connectivity index (χ1) is 14.0. The number of nitrogens with zero attached hydrogens (tertiary/aromatic N) is 1. The Balaban J connectivity index is 1.58. The summed E-state index contributed by atoms with van der Waals surface area (Å²) < 4.78 is 0. The molecule has 2 aromatic rings. The number of hydrogen-bond donors (Lipinski definition) is 2. The monoisotopic (exact) mass is 391 g/mol. The molecule has 1 heterocycles. The van der Waals surface area contributed by atoms with Crippen LogP contribution in [0.5, 0.6) is 0 Å². The van der Waals surface area contributed by atoms with E-state index in [0.717, 1.165) is 29.7 Å². The molecule has 29 heavy (non-hydrogen) atoms. The normalized spacial score (nSPS) is 20.3. The number of nitrogens with one attached hydrogen (secondary N) is 2. The fourth-order valence-electron chi connectivity index (χ4n) is 4.09. The number of carbonyl (C=O) groups is 3. The molecule has 0 bridgehead atoms. The maximum absolute atomic E-state index is 13.4. The molecular formula is C23H25N3O3. The smallest absolute Gasteiger partial charge is 0.239 e. The van der Waals surface area contributed by atoms with Crippen molar-refractivity contribution in [2.75, 3.05) is 18.5 Å². The third kappa shape index (κ3) is 3.88. The van der Waals surface area contributed by atoms with Crippen molar-refractivity contribution >= 4 is 23.4 Å². The Kier molecular flexibility index (Phi) is 5.09. The van der Waals surface area contributed by atoms with Crippen molar-refractivity contribution in [3.8, 4) is 0 Å². The van der Waals surface area contributed by atoms with Crippen LogP contribution in [0.15, 0.2) is 54.6 Å². The lowest BCUT2D eigenvalue weighted by Crippen LogP contribution is -2.46. The summed E-state index contributed by atoms with van der Waals surface area (Å²) in [6.07, 6.45) is 2.42. The number of hydrogen-bond acceptors (Lipinski definition) is 3. The zero-order valence-corrected chi connectivity index (χ0v) is 16.5. The highest BCUT2D eigenvalue weighted by Gasteiger charge is 2.50. The van der Waals surface area contributed by atoms with Crippen LogP contribution in [-0.2, 0) is 26.2 Å². The molecule has 0 radical (unpaired) electrons. The first kappa shape index (κ1) is 19.2. The van der Waals surface area contributed by atoms with Crippen LogP contribution in [0.1, 0.15) is 30.4 Å². The molecule has 4 rings (SSSR count). The van der Waals surface area contributed by atoms with Crippen LogP contribution in [0.2, 0.25) is 0 Å². The molecule has 1 unspecified atom stereocenters. The summed E-state index contributed by atoms with van der Waals surface area (Å²) in [5, 5.41) is 5.55. The average Bonchev–Trinajstić information content (AvgIpc) is 3.52. The van der Waals surface area contributed by atoms with Gasteiger partial charge in [-0.1, -0.05) is 48.5 Å². The minimum Gasteiger partial charge on any atom is -0.352 e. The quantitative estimate of drug-likeness (QED) is 0.757. The minimum atomic E-state index is -0.982. The standard InChI is InChI=1S/C23H25N3O3/c1-26-19-10-6-5-9-18(19)23(22(26)29,13-16-7-3-2-4-8-16)14-20(27)24-15-21(28)25-17-11-12-17/h2-10,17H,11-15H2,1H3,(H,24,27)(H,25,28). The lowest BCUT2D eigenvalue weighted by atomic mass is 9.73. The van der Waals surface area contributed by atoms with Gasteiger partial charge in [-0.15, -0.1) is 0 Å². The van der Waals surface area contributed by atoms with E-state index in [-0.39, 0.29) is 36.7 Å². The summed E-state index contributed by atoms with van der Waals surface area (Å²) in [4.78, 5) is 39.7. The van der Waals surface area contributed by atoms with E-state index in [1.54, 1.807) is 11.9 Å². The van der Waals surface area contributed by atoms with Crippen molar-refractivity contribution in [3.63, 3.8) is 0 Å². The Bertz CT molecular complexity index is 939. The van der Waals surface area contributed by atoms with Crippen molar-refractivity contribution in [2.45, 2.75) is 37.1 Å². The van der Waals surface area contributed by atoms with Crippen molar-refractivity contribution in [3.05, 3.63) is 65.7 Å². The van der Waals surface area contributed by atoms with Gasteiger partial charge in [0.05, 0.1) is 12.0 Å². The number of anilines is 1. The summed E-state index contributed by atoms with van der Waals surface area (Å²) in [5.74, 6) is -0.585. The Labute approximate surface area is 170 Å². The summed E-state index contributed by atoms with van der Waals surface area (Å²) in [5.41, 5.74) is 1.69. The molecule has 1 fully saturated rings. The summed E-state index contributed by atoms with van der Waals surface area (Å²) in [6.45, 7) is -0.0670. The molecule has 0 spiro atoms. The van der Waals surface area contributed by atoms with Gasteiger partial charge in [-0.05, 0) is 36.5 Å². The van der Waals surface area contributed by atoms with E-state index < -0.39 is 5.41 Å². The van der Waals surface area contributed by atoms with E-state index in [2.05, 4.69) is 10.6 Å². The first-order valence-electron chi connectivity index (χ1n) is 9.97. The van der Waals surface area contributed by atoms with E-state index in [0.29, 0.717) is 6.42 Å². The number of carbonyl (C=O) groups excluding carboxylic acids is 3. The highest BCUT2D eigenvalue weighted by molar-refractivity contribution is 6.10. The molecule has 1 aliphatic carbocycles. The van der Waals surface area contributed by atoms with Gasteiger partial charge in [-0.25, -0.2) is 0 Å². The van der Waals surface area contributed by atoms with E-state index in [4.69, 9.17) is 0 Å². The van der Waals surface area contributed by atoms with Crippen molar-refractivity contribution < 1.29 is 14.4 Å². The van der Waals surface area contributed by atoms with Gasteiger partial charge in [-0.2, -0.15) is 0 Å². The third-order valence-corrected chi connectivity index (χ3v) is 5.69. The number of amides is 3. The number of benzene rings is 2. The lowest BCUT2D eigenvalue weighted by Gasteiger charge is -2.28. The van der Waals surface area contributed by atoms with E-state index in [1.165, 1.54) is 0 Å². The molecule has 1 aliphatic heterocycles. The maximum Gasteiger partial charge on any atom is 0.239 e. The molecule has 0 saturated heterocycles. The maximum atomic E-state index is 13.4. The predicted molar refractivity (Wildman–Crippen MR) is 110 cm³/mol. The fourth-order valence-corrected chi connectivity index (χ4v) is 4.09. The van der Waals surface area contributed by atoms with Gasteiger partial charge >= 0.3 is 0 Å². The number of rotatable bonds is 7. The number of fused-ring (bicyclic) bond motifs is 1. The second-order valence-electron chi connectivity index (χ2n) is 7.92. The van der Waals surface area contributed by atoms with Crippen LogP contribution in [-0.4, -0.2) is 37.4 Å². The highest BCUT2D eigenvalue weighted by atomic mass is 16.2. The molecular weight excluding hydrogens is 366 g/mol. The van der Waals surface area contributed by atoms with Crippen LogP contribution in [0, 0.1) is 0 Å². The van der Waals surface area contributed by atoms with Crippen molar-refractivity contribution in [1.82, 2.24) is 10.6 Å². The minimum absolute atomic E-state index is 0.00120. The Morgan fingerprint density at radius 1 is 1.03 bits per heavy atom. The van der Waals surface area contributed by atoms with Crippen molar-refractivity contribution in [1.29, 1.82) is 0 Å². The van der Waals surface area contributed by atoms with Gasteiger partial charge in [-0.3, -0.25) is 14.4 Å². The average molecular weight is 391 g/mol. The molecule has 0 aromatic heterocycles. The van der Waals surface area contributed by atoms with E-state index in [1.807, 2.05) is 54.6 Å². The van der Waals surface area contributed by atoms with E-state index in [9.17, 15) is 14.4 Å². The second-order valence-corrected chi connectivity index (χ2v) is 7.92. The first-order valence-corrected chi connectivity index (χ1v) is 9.97. The fraction of sp³-hybridized carbons (Fsp3) is 0.348. The molecule has 2 aliphatic rings. The van der Waals surface area contributed by atoms with Crippen LogP contribution in [0.25, 0.3) is 0 Å². The zero-order chi connectivity index (χ0) is 20.4. The van der Waals surface area contributed by atoms with E-state index >= 15 is 0 Å². The number of likely N-dealkylation sites (N-methyl/N-ethyl adjacent to an activating group) is 1. The topological polar surface area (TPSA) is 78.5 Å². The van der Waals surface area contributed by atoms with Gasteiger partial charge in [0.2, 0.25) is 17.7 Å². The number of para-hydroxylation sites is 1. The highest BCUT2D eigenvalue weighted by Crippen LogP contribution is 2.45. The Morgan fingerprint density at radius 2 is 1.72 bits per heavy atom. The molecule has 6 nitrogen and oxygen atoms in total. The molecule has 6 heteroatoms. The molecule has 1 saturated carbocycles. The molecule has 2 aromatic carbocycles. The molecule has 1 atom stereocenters. The summed E-state index contributed by atoms with van der Waals surface area (Å²) >= 11 is 0. The van der Waals surface area contributed by atoms with Crippen LogP contribution < -0.4 is 15.5 Å².